The third kappa shape index (κ3) is 4.96. The van der Waals surface area contributed by atoms with Gasteiger partial charge in [0.05, 0.1) is 5.56 Å². The van der Waals surface area contributed by atoms with Gasteiger partial charge in [-0.05, 0) is 18.1 Å². The standard InChI is InChI=1S/C10H9F3O.C2H6/c11-10(12,13)9-5-1-3-8(7-9)4-2-6-14;1-2/h1,3,5-7H,2,4H2;1-2H3. The highest BCUT2D eigenvalue weighted by Gasteiger charge is 2.30. The fraction of sp³-hybridized carbons (Fsp3) is 0.417. The van der Waals surface area contributed by atoms with Crippen LogP contribution in [-0.4, -0.2) is 6.29 Å². The molecule has 0 aromatic heterocycles. The van der Waals surface area contributed by atoms with Crippen LogP contribution in [-0.2, 0) is 17.4 Å². The minimum absolute atomic E-state index is 0.251. The molecule has 0 amide bonds. The molecule has 0 saturated heterocycles. The minimum Gasteiger partial charge on any atom is -0.303 e. The average molecular weight is 232 g/mol. The van der Waals surface area contributed by atoms with Crippen molar-refractivity contribution < 1.29 is 18.0 Å². The highest BCUT2D eigenvalue weighted by molar-refractivity contribution is 5.50. The van der Waals surface area contributed by atoms with Gasteiger partial charge in [-0.1, -0.05) is 32.0 Å². The van der Waals surface area contributed by atoms with Crippen molar-refractivity contribution in [1.29, 1.82) is 0 Å². The van der Waals surface area contributed by atoms with Crippen LogP contribution in [0.15, 0.2) is 24.3 Å². The van der Waals surface area contributed by atoms with E-state index in [4.69, 9.17) is 0 Å². The van der Waals surface area contributed by atoms with Crippen LogP contribution < -0.4 is 0 Å². The van der Waals surface area contributed by atoms with Crippen LogP contribution in [0.1, 0.15) is 31.4 Å². The van der Waals surface area contributed by atoms with Crippen LogP contribution in [0, 0.1) is 0 Å². The van der Waals surface area contributed by atoms with Crippen LogP contribution in [0.3, 0.4) is 0 Å². The van der Waals surface area contributed by atoms with Crippen LogP contribution in [0.25, 0.3) is 0 Å². The molecule has 0 spiro atoms. The second kappa shape index (κ2) is 7.04. The first-order valence-electron chi connectivity index (χ1n) is 5.14. The summed E-state index contributed by atoms with van der Waals surface area (Å²) in [6, 6.07) is 5.02. The largest absolute Gasteiger partial charge is 0.416 e. The molecule has 0 aliphatic carbocycles. The first-order valence-corrected chi connectivity index (χ1v) is 5.14. The second-order valence-electron chi connectivity index (χ2n) is 2.90. The summed E-state index contributed by atoms with van der Waals surface area (Å²) in [5.41, 5.74) is -0.132. The SMILES string of the molecule is CC.O=CCCc1cccc(C(F)(F)F)c1. The Bertz CT molecular complexity index is 318. The van der Waals surface area contributed by atoms with Crippen LogP contribution in [0.2, 0.25) is 0 Å². The summed E-state index contributed by atoms with van der Waals surface area (Å²) < 4.78 is 36.7. The van der Waals surface area contributed by atoms with Crippen molar-refractivity contribution in [3.05, 3.63) is 35.4 Å². The van der Waals surface area contributed by atoms with Gasteiger partial charge < -0.3 is 4.79 Å². The fourth-order valence-corrected chi connectivity index (χ4v) is 1.13. The van der Waals surface area contributed by atoms with E-state index in [0.29, 0.717) is 18.3 Å². The molecule has 4 heteroatoms. The van der Waals surface area contributed by atoms with Gasteiger partial charge in [-0.3, -0.25) is 0 Å². The molecule has 1 aromatic carbocycles. The molecule has 0 fully saturated rings. The molecule has 0 bridgehead atoms. The summed E-state index contributed by atoms with van der Waals surface area (Å²) in [5, 5.41) is 0. The van der Waals surface area contributed by atoms with Gasteiger partial charge in [0.25, 0.3) is 0 Å². The second-order valence-corrected chi connectivity index (χ2v) is 2.90. The molecule has 1 nitrogen and oxygen atoms in total. The van der Waals surface area contributed by atoms with E-state index in [1.807, 2.05) is 13.8 Å². The Kier molecular flexibility index (Phi) is 6.46. The summed E-state index contributed by atoms with van der Waals surface area (Å²) >= 11 is 0. The number of alkyl halides is 3. The van der Waals surface area contributed by atoms with Gasteiger partial charge in [0.15, 0.2) is 0 Å². The van der Waals surface area contributed by atoms with E-state index in [0.717, 1.165) is 12.1 Å². The number of hydrogen-bond acceptors (Lipinski definition) is 1. The number of aryl methyl sites for hydroxylation is 1. The zero-order chi connectivity index (χ0) is 12.6. The quantitative estimate of drug-likeness (QED) is 0.723. The summed E-state index contributed by atoms with van der Waals surface area (Å²) in [7, 11) is 0. The van der Waals surface area contributed by atoms with E-state index in [1.54, 1.807) is 6.07 Å². The minimum atomic E-state index is -4.31. The number of hydrogen-bond donors (Lipinski definition) is 0. The van der Waals surface area contributed by atoms with Gasteiger partial charge in [-0.15, -0.1) is 0 Å². The highest BCUT2D eigenvalue weighted by atomic mass is 19.4. The zero-order valence-electron chi connectivity index (χ0n) is 9.34. The summed E-state index contributed by atoms with van der Waals surface area (Å²) in [6.45, 7) is 4.00. The Morgan fingerprint density at radius 2 is 1.88 bits per heavy atom. The summed E-state index contributed by atoms with van der Waals surface area (Å²) in [5.74, 6) is 0. The first kappa shape index (κ1) is 14.7. The van der Waals surface area contributed by atoms with Gasteiger partial charge >= 0.3 is 6.18 Å². The van der Waals surface area contributed by atoms with Crippen molar-refractivity contribution >= 4 is 6.29 Å². The molecular weight excluding hydrogens is 217 g/mol. The molecule has 0 heterocycles. The topological polar surface area (TPSA) is 17.1 Å². The highest BCUT2D eigenvalue weighted by Crippen LogP contribution is 2.29. The van der Waals surface area contributed by atoms with Crippen molar-refractivity contribution in [2.24, 2.45) is 0 Å². The van der Waals surface area contributed by atoms with Gasteiger partial charge in [-0.2, -0.15) is 13.2 Å². The monoisotopic (exact) mass is 232 g/mol. The average Bonchev–Trinajstić information content (AvgIpc) is 2.28. The Hall–Kier alpha value is -1.32. The number of carbonyl (C=O) groups is 1. The molecule has 0 atom stereocenters. The third-order valence-electron chi connectivity index (χ3n) is 1.81. The molecule has 0 aliphatic heterocycles. The number of halogens is 3. The summed E-state index contributed by atoms with van der Waals surface area (Å²) in [6.07, 6.45) is -3.01. The molecular formula is C12H15F3O. The number of carbonyl (C=O) groups excluding carboxylic acids is 1. The van der Waals surface area contributed by atoms with Crippen LogP contribution in [0.4, 0.5) is 13.2 Å². The molecule has 1 aromatic rings. The molecule has 0 aliphatic rings. The lowest BCUT2D eigenvalue weighted by molar-refractivity contribution is -0.137. The van der Waals surface area contributed by atoms with Gasteiger partial charge in [-0.25, -0.2) is 0 Å². The predicted octanol–water partition coefficient (Wildman–Crippen LogP) is 3.86. The normalized spacial score (nSPS) is 10.3. The first-order chi connectivity index (χ1) is 7.54. The maximum absolute atomic E-state index is 12.2. The third-order valence-corrected chi connectivity index (χ3v) is 1.81. The predicted molar refractivity (Wildman–Crippen MR) is 57.2 cm³/mol. The van der Waals surface area contributed by atoms with Crippen molar-refractivity contribution in [3.63, 3.8) is 0 Å². The van der Waals surface area contributed by atoms with E-state index >= 15 is 0 Å². The Balaban J connectivity index is 0.00000106. The van der Waals surface area contributed by atoms with Gasteiger partial charge in [0.1, 0.15) is 6.29 Å². The maximum Gasteiger partial charge on any atom is 0.416 e. The molecule has 16 heavy (non-hydrogen) atoms. The van der Waals surface area contributed by atoms with Crippen molar-refractivity contribution in [2.45, 2.75) is 32.9 Å². The van der Waals surface area contributed by atoms with E-state index in [-0.39, 0.29) is 6.42 Å². The lowest BCUT2D eigenvalue weighted by atomic mass is 10.1. The van der Waals surface area contributed by atoms with Crippen molar-refractivity contribution in [3.8, 4) is 0 Å². The van der Waals surface area contributed by atoms with Gasteiger partial charge in [0.2, 0.25) is 0 Å². The summed E-state index contributed by atoms with van der Waals surface area (Å²) in [4.78, 5) is 10.0. The van der Waals surface area contributed by atoms with Crippen molar-refractivity contribution in [1.82, 2.24) is 0 Å². The number of benzene rings is 1. The molecule has 1 rings (SSSR count). The molecule has 0 unspecified atom stereocenters. The van der Waals surface area contributed by atoms with Crippen LogP contribution >= 0.6 is 0 Å². The van der Waals surface area contributed by atoms with E-state index < -0.39 is 11.7 Å². The van der Waals surface area contributed by atoms with Gasteiger partial charge in [0, 0.05) is 6.42 Å². The fourth-order valence-electron chi connectivity index (χ4n) is 1.13. The Labute approximate surface area is 93.3 Å². The number of rotatable bonds is 3. The maximum atomic E-state index is 12.2. The molecule has 0 N–H and O–H groups in total. The van der Waals surface area contributed by atoms with E-state index in [2.05, 4.69) is 0 Å². The Morgan fingerprint density at radius 1 is 1.25 bits per heavy atom. The molecule has 0 radical (unpaired) electrons. The lowest BCUT2D eigenvalue weighted by Gasteiger charge is -2.07. The smallest absolute Gasteiger partial charge is 0.303 e. The number of aldehydes is 1. The molecule has 0 saturated carbocycles. The van der Waals surface area contributed by atoms with Crippen molar-refractivity contribution in [2.75, 3.05) is 0 Å². The van der Waals surface area contributed by atoms with Crippen LogP contribution in [0.5, 0.6) is 0 Å². The molecule has 90 valence electrons. The Morgan fingerprint density at radius 3 is 2.38 bits per heavy atom. The van der Waals surface area contributed by atoms with E-state index in [9.17, 15) is 18.0 Å². The lowest BCUT2D eigenvalue weighted by Crippen LogP contribution is -2.05. The van der Waals surface area contributed by atoms with E-state index in [1.165, 1.54) is 6.07 Å². The zero-order valence-corrected chi connectivity index (χ0v) is 9.34.